The minimum atomic E-state index is -1.59. The van der Waals surface area contributed by atoms with Crippen molar-refractivity contribution >= 4 is 11.9 Å². The van der Waals surface area contributed by atoms with Gasteiger partial charge in [0.2, 0.25) is 0 Å². The van der Waals surface area contributed by atoms with E-state index in [-0.39, 0.29) is 0 Å². The van der Waals surface area contributed by atoms with Crippen LogP contribution in [0.15, 0.2) is 60.7 Å². The van der Waals surface area contributed by atoms with E-state index >= 15 is 0 Å². The van der Waals surface area contributed by atoms with E-state index in [4.69, 9.17) is 9.47 Å². The van der Waals surface area contributed by atoms with Gasteiger partial charge in [0.1, 0.15) is 0 Å². The predicted octanol–water partition coefficient (Wildman–Crippen LogP) is 2.67. The molecule has 4 heteroatoms. The Labute approximate surface area is 123 Å². The Hall–Kier alpha value is -2.62. The summed E-state index contributed by atoms with van der Waals surface area (Å²) in [6.07, 6.45) is 0. The van der Waals surface area contributed by atoms with E-state index < -0.39 is 17.5 Å². The van der Waals surface area contributed by atoms with Crippen molar-refractivity contribution in [2.24, 2.45) is 0 Å². The second kappa shape index (κ2) is 6.22. The second-order valence-electron chi connectivity index (χ2n) is 4.50. The van der Waals surface area contributed by atoms with E-state index in [1.165, 1.54) is 14.0 Å². The lowest BCUT2D eigenvalue weighted by atomic mass is 9.86. The molecule has 0 unspecified atom stereocenters. The molecule has 0 saturated carbocycles. The molecule has 0 spiro atoms. The van der Waals surface area contributed by atoms with Crippen molar-refractivity contribution in [2.75, 3.05) is 7.11 Å². The summed E-state index contributed by atoms with van der Waals surface area (Å²) in [6, 6.07) is 17.7. The first-order valence-electron chi connectivity index (χ1n) is 6.50. The SMILES string of the molecule is COC(=O)C(OC(C)=O)(c1ccccc1)c1ccccc1. The van der Waals surface area contributed by atoms with Crippen molar-refractivity contribution in [2.45, 2.75) is 12.5 Å². The molecule has 21 heavy (non-hydrogen) atoms. The zero-order valence-electron chi connectivity index (χ0n) is 11.9. The topological polar surface area (TPSA) is 52.6 Å². The maximum atomic E-state index is 12.5. The van der Waals surface area contributed by atoms with Crippen LogP contribution >= 0.6 is 0 Å². The van der Waals surface area contributed by atoms with Gasteiger partial charge in [0.15, 0.2) is 0 Å². The molecule has 0 aliphatic rings. The smallest absolute Gasteiger partial charge is 0.359 e. The lowest BCUT2D eigenvalue weighted by molar-refractivity contribution is -0.175. The molecule has 108 valence electrons. The molecule has 0 bridgehead atoms. The normalized spacial score (nSPS) is 10.8. The van der Waals surface area contributed by atoms with Crippen LogP contribution in [0.25, 0.3) is 0 Å². The second-order valence-corrected chi connectivity index (χ2v) is 4.50. The Balaban J connectivity index is 2.71. The number of hydrogen-bond acceptors (Lipinski definition) is 4. The van der Waals surface area contributed by atoms with Crippen LogP contribution < -0.4 is 0 Å². The molecular formula is C17H16O4. The summed E-state index contributed by atoms with van der Waals surface area (Å²) >= 11 is 0. The van der Waals surface area contributed by atoms with Crippen molar-refractivity contribution < 1.29 is 19.1 Å². The average Bonchev–Trinajstić information content (AvgIpc) is 2.53. The van der Waals surface area contributed by atoms with E-state index in [1.807, 2.05) is 12.1 Å². The van der Waals surface area contributed by atoms with Crippen molar-refractivity contribution in [3.8, 4) is 0 Å². The highest BCUT2D eigenvalue weighted by molar-refractivity contribution is 5.88. The first kappa shape index (κ1) is 14.8. The fraction of sp³-hybridized carbons (Fsp3) is 0.176. The Bertz CT molecular complexity index is 580. The van der Waals surface area contributed by atoms with Gasteiger partial charge >= 0.3 is 11.9 Å². The van der Waals surface area contributed by atoms with Crippen LogP contribution in [-0.4, -0.2) is 19.0 Å². The number of hydrogen-bond donors (Lipinski definition) is 0. The lowest BCUT2D eigenvalue weighted by Gasteiger charge is -2.31. The van der Waals surface area contributed by atoms with Crippen LogP contribution in [-0.2, 0) is 24.7 Å². The van der Waals surface area contributed by atoms with Gasteiger partial charge in [0.05, 0.1) is 7.11 Å². The summed E-state index contributed by atoms with van der Waals surface area (Å²) in [5, 5.41) is 0. The van der Waals surface area contributed by atoms with Gasteiger partial charge in [-0.05, 0) is 0 Å². The third kappa shape index (κ3) is 2.79. The summed E-state index contributed by atoms with van der Waals surface area (Å²) in [6.45, 7) is 1.27. The molecular weight excluding hydrogens is 268 g/mol. The van der Waals surface area contributed by atoms with Gasteiger partial charge < -0.3 is 9.47 Å². The standard InChI is InChI=1S/C17H16O4/c1-13(18)21-17(16(19)20-2,14-9-5-3-6-10-14)15-11-7-4-8-12-15/h3-12H,1-2H3. The molecule has 0 saturated heterocycles. The molecule has 0 amide bonds. The molecule has 0 N–H and O–H groups in total. The van der Waals surface area contributed by atoms with E-state index in [2.05, 4.69) is 0 Å². The number of benzene rings is 2. The third-order valence-corrected chi connectivity index (χ3v) is 3.13. The van der Waals surface area contributed by atoms with Crippen LogP contribution in [0.2, 0.25) is 0 Å². The van der Waals surface area contributed by atoms with Crippen molar-refractivity contribution in [1.82, 2.24) is 0 Å². The highest BCUT2D eigenvalue weighted by atomic mass is 16.6. The van der Waals surface area contributed by atoms with E-state index in [0.29, 0.717) is 11.1 Å². The molecule has 0 fully saturated rings. The fourth-order valence-electron chi connectivity index (χ4n) is 2.27. The first-order chi connectivity index (χ1) is 10.1. The number of carbonyl (C=O) groups excluding carboxylic acids is 2. The Kier molecular flexibility index (Phi) is 4.38. The van der Waals surface area contributed by atoms with E-state index in [1.54, 1.807) is 48.5 Å². The van der Waals surface area contributed by atoms with Crippen LogP contribution in [0.4, 0.5) is 0 Å². The third-order valence-electron chi connectivity index (χ3n) is 3.13. The van der Waals surface area contributed by atoms with E-state index in [9.17, 15) is 9.59 Å². The number of methoxy groups -OCH3 is 1. The minimum Gasteiger partial charge on any atom is -0.466 e. The highest BCUT2D eigenvalue weighted by Gasteiger charge is 2.46. The average molecular weight is 284 g/mol. The first-order valence-corrected chi connectivity index (χ1v) is 6.50. The molecule has 0 aromatic heterocycles. The van der Waals surface area contributed by atoms with Gasteiger partial charge in [-0.3, -0.25) is 4.79 Å². The summed E-state index contributed by atoms with van der Waals surface area (Å²) in [7, 11) is 1.27. The van der Waals surface area contributed by atoms with Gasteiger partial charge in [-0.15, -0.1) is 0 Å². The number of ether oxygens (including phenoxy) is 2. The van der Waals surface area contributed by atoms with Crippen molar-refractivity contribution in [3.05, 3.63) is 71.8 Å². The van der Waals surface area contributed by atoms with Crippen LogP contribution in [0.5, 0.6) is 0 Å². The molecule has 2 aromatic carbocycles. The quantitative estimate of drug-likeness (QED) is 0.810. The van der Waals surface area contributed by atoms with Crippen LogP contribution in [0.1, 0.15) is 18.1 Å². The number of esters is 2. The van der Waals surface area contributed by atoms with Gasteiger partial charge in [0.25, 0.3) is 5.60 Å². The largest absolute Gasteiger partial charge is 0.466 e. The molecule has 2 rings (SSSR count). The number of rotatable bonds is 4. The van der Waals surface area contributed by atoms with Crippen molar-refractivity contribution in [3.63, 3.8) is 0 Å². The zero-order chi connectivity index (χ0) is 15.3. The van der Waals surface area contributed by atoms with Gasteiger partial charge in [-0.25, -0.2) is 4.79 Å². The van der Waals surface area contributed by atoms with Gasteiger partial charge in [-0.2, -0.15) is 0 Å². The van der Waals surface area contributed by atoms with Gasteiger partial charge in [-0.1, -0.05) is 60.7 Å². The molecule has 0 heterocycles. The monoisotopic (exact) mass is 284 g/mol. The van der Waals surface area contributed by atoms with Crippen LogP contribution in [0, 0.1) is 0 Å². The molecule has 0 aliphatic heterocycles. The van der Waals surface area contributed by atoms with E-state index in [0.717, 1.165) is 0 Å². The minimum absolute atomic E-state index is 0.540. The molecule has 4 nitrogen and oxygen atoms in total. The maximum absolute atomic E-state index is 12.5. The van der Waals surface area contributed by atoms with Crippen LogP contribution in [0.3, 0.4) is 0 Å². The van der Waals surface area contributed by atoms with Gasteiger partial charge in [0, 0.05) is 18.1 Å². The Morgan fingerprint density at radius 2 is 1.29 bits per heavy atom. The maximum Gasteiger partial charge on any atom is 0.359 e. The van der Waals surface area contributed by atoms with Crippen molar-refractivity contribution in [1.29, 1.82) is 0 Å². The molecule has 2 aromatic rings. The Morgan fingerprint density at radius 1 is 0.857 bits per heavy atom. The summed E-state index contributed by atoms with van der Waals surface area (Å²) in [5.41, 5.74) is -0.514. The Morgan fingerprint density at radius 3 is 1.62 bits per heavy atom. The highest BCUT2D eigenvalue weighted by Crippen LogP contribution is 2.35. The molecule has 0 aliphatic carbocycles. The summed E-state index contributed by atoms with van der Waals surface area (Å²) < 4.78 is 10.4. The lowest BCUT2D eigenvalue weighted by Crippen LogP contribution is -2.42. The fourth-order valence-corrected chi connectivity index (χ4v) is 2.27. The summed E-state index contributed by atoms with van der Waals surface area (Å²) in [4.78, 5) is 24.1. The zero-order valence-corrected chi connectivity index (χ0v) is 11.9. The summed E-state index contributed by atoms with van der Waals surface area (Å²) in [5.74, 6) is -1.21. The molecule has 0 atom stereocenters. The predicted molar refractivity (Wildman–Crippen MR) is 77.4 cm³/mol. The molecule has 0 radical (unpaired) electrons. The number of carbonyl (C=O) groups is 2.